The van der Waals surface area contributed by atoms with Gasteiger partial charge in [0, 0.05) is 18.9 Å². The molecule has 2 atom stereocenters. The second-order valence-corrected chi connectivity index (χ2v) is 5.24. The molecule has 1 aliphatic rings. The molecule has 2 aromatic rings. The van der Waals surface area contributed by atoms with Crippen molar-refractivity contribution in [2.75, 3.05) is 11.4 Å². The summed E-state index contributed by atoms with van der Waals surface area (Å²) in [6.07, 6.45) is -0.0545. The lowest BCUT2D eigenvalue weighted by molar-refractivity contribution is -0.137. The zero-order valence-corrected chi connectivity index (χ0v) is 11.5. The zero-order valence-electron chi connectivity index (χ0n) is 11.5. The molecule has 1 saturated heterocycles. The predicted molar refractivity (Wildman–Crippen MR) is 74.2 cm³/mol. The SMILES string of the molecule is O[C@H]1C[C@@H](c2cccc(C(F)(F)F)c2)N(c2cnccn2)C1. The summed E-state index contributed by atoms with van der Waals surface area (Å²) in [5.41, 5.74) is -0.178. The number of benzene rings is 1. The molecule has 4 nitrogen and oxygen atoms in total. The first-order valence-corrected chi connectivity index (χ1v) is 6.83. The van der Waals surface area contributed by atoms with Crippen LogP contribution in [0.25, 0.3) is 0 Å². The quantitative estimate of drug-likeness (QED) is 0.927. The van der Waals surface area contributed by atoms with E-state index in [9.17, 15) is 18.3 Å². The third-order valence-corrected chi connectivity index (χ3v) is 3.72. The first kappa shape index (κ1) is 14.8. The fourth-order valence-corrected chi connectivity index (χ4v) is 2.74. The number of nitrogens with zero attached hydrogens (tertiary/aromatic N) is 3. The summed E-state index contributed by atoms with van der Waals surface area (Å²) < 4.78 is 38.6. The van der Waals surface area contributed by atoms with Gasteiger partial charge in [0.05, 0.1) is 23.9 Å². The van der Waals surface area contributed by atoms with E-state index in [2.05, 4.69) is 9.97 Å². The van der Waals surface area contributed by atoms with Crippen molar-refractivity contribution < 1.29 is 18.3 Å². The molecule has 1 aromatic carbocycles. The van der Waals surface area contributed by atoms with Crippen molar-refractivity contribution in [3.8, 4) is 0 Å². The highest BCUT2D eigenvalue weighted by Gasteiger charge is 2.35. The van der Waals surface area contributed by atoms with E-state index in [0.29, 0.717) is 24.3 Å². The molecule has 0 radical (unpaired) electrons. The van der Waals surface area contributed by atoms with Crippen molar-refractivity contribution in [1.82, 2.24) is 9.97 Å². The number of aromatic nitrogens is 2. The van der Waals surface area contributed by atoms with Crippen LogP contribution >= 0.6 is 0 Å². The second-order valence-electron chi connectivity index (χ2n) is 5.24. The van der Waals surface area contributed by atoms with Crippen LogP contribution in [0, 0.1) is 0 Å². The van der Waals surface area contributed by atoms with Crippen LogP contribution in [0.2, 0.25) is 0 Å². The fraction of sp³-hybridized carbons (Fsp3) is 0.333. The number of aliphatic hydroxyl groups excluding tert-OH is 1. The highest BCUT2D eigenvalue weighted by molar-refractivity contribution is 5.43. The minimum Gasteiger partial charge on any atom is -0.391 e. The topological polar surface area (TPSA) is 49.2 Å². The highest BCUT2D eigenvalue weighted by Crippen LogP contribution is 2.37. The van der Waals surface area contributed by atoms with Gasteiger partial charge in [0.25, 0.3) is 0 Å². The van der Waals surface area contributed by atoms with Gasteiger partial charge < -0.3 is 10.0 Å². The Labute approximate surface area is 125 Å². The van der Waals surface area contributed by atoms with Crippen molar-refractivity contribution in [1.29, 1.82) is 0 Å². The zero-order chi connectivity index (χ0) is 15.7. The smallest absolute Gasteiger partial charge is 0.391 e. The van der Waals surface area contributed by atoms with Gasteiger partial charge in [-0.1, -0.05) is 12.1 Å². The van der Waals surface area contributed by atoms with Crippen molar-refractivity contribution in [3.63, 3.8) is 0 Å². The molecule has 116 valence electrons. The van der Waals surface area contributed by atoms with Crippen molar-refractivity contribution >= 4 is 5.82 Å². The Bertz CT molecular complexity index is 648. The average Bonchev–Trinajstić information content (AvgIpc) is 2.89. The lowest BCUT2D eigenvalue weighted by atomic mass is 10.0. The summed E-state index contributed by atoms with van der Waals surface area (Å²) in [6, 6.07) is 4.85. The molecule has 1 N–H and O–H groups in total. The number of anilines is 1. The van der Waals surface area contributed by atoms with Gasteiger partial charge in [-0.05, 0) is 24.1 Å². The van der Waals surface area contributed by atoms with Crippen LogP contribution in [0.1, 0.15) is 23.6 Å². The van der Waals surface area contributed by atoms with Gasteiger partial charge in [-0.3, -0.25) is 4.98 Å². The number of aliphatic hydroxyl groups is 1. The standard InChI is InChI=1S/C15H14F3N3O/c16-15(17,18)11-3-1-2-10(6-11)13-7-12(22)9-21(13)14-8-19-4-5-20-14/h1-6,8,12-13,22H,7,9H2/t12-,13-/m0/s1. The Hall–Kier alpha value is -2.15. The summed E-state index contributed by atoms with van der Waals surface area (Å²) >= 11 is 0. The van der Waals surface area contributed by atoms with Gasteiger partial charge in [0.2, 0.25) is 0 Å². The van der Waals surface area contributed by atoms with E-state index in [4.69, 9.17) is 0 Å². The fourth-order valence-electron chi connectivity index (χ4n) is 2.74. The average molecular weight is 309 g/mol. The molecule has 0 unspecified atom stereocenters. The maximum Gasteiger partial charge on any atom is 0.416 e. The van der Waals surface area contributed by atoms with E-state index in [0.717, 1.165) is 12.1 Å². The first-order valence-electron chi connectivity index (χ1n) is 6.83. The van der Waals surface area contributed by atoms with Crippen LogP contribution in [0.5, 0.6) is 0 Å². The molecular weight excluding hydrogens is 295 g/mol. The molecule has 3 rings (SSSR count). The molecule has 0 amide bonds. The van der Waals surface area contributed by atoms with Gasteiger partial charge >= 0.3 is 6.18 Å². The lowest BCUT2D eigenvalue weighted by Crippen LogP contribution is -2.25. The molecule has 2 heterocycles. The molecular formula is C15H14F3N3O. The predicted octanol–water partition coefficient (Wildman–Crippen LogP) is 2.81. The van der Waals surface area contributed by atoms with Crippen LogP contribution in [0.15, 0.2) is 42.9 Å². The molecule has 0 bridgehead atoms. The number of hydrogen-bond donors (Lipinski definition) is 1. The molecule has 7 heteroatoms. The minimum absolute atomic E-state index is 0.319. The summed E-state index contributed by atoms with van der Waals surface area (Å²) in [4.78, 5) is 9.93. The second kappa shape index (κ2) is 5.57. The molecule has 0 saturated carbocycles. The molecule has 0 spiro atoms. The molecule has 1 fully saturated rings. The Kier molecular flexibility index (Phi) is 3.74. The lowest BCUT2D eigenvalue weighted by Gasteiger charge is -2.25. The number of β-amino-alcohol motifs (C(OH)–C–C–N with tert-alkyl or cyclic N) is 1. The van der Waals surface area contributed by atoms with Gasteiger partial charge in [-0.15, -0.1) is 0 Å². The Morgan fingerprint density at radius 3 is 2.73 bits per heavy atom. The number of rotatable bonds is 2. The van der Waals surface area contributed by atoms with Crippen LogP contribution in [-0.4, -0.2) is 27.7 Å². The third kappa shape index (κ3) is 2.89. The molecule has 1 aromatic heterocycles. The summed E-state index contributed by atoms with van der Waals surface area (Å²) in [5.74, 6) is 0.543. The van der Waals surface area contributed by atoms with Crippen molar-refractivity contribution in [3.05, 3.63) is 54.0 Å². The van der Waals surface area contributed by atoms with Crippen molar-refractivity contribution in [2.45, 2.75) is 24.7 Å². The Balaban J connectivity index is 1.96. The van der Waals surface area contributed by atoms with Crippen LogP contribution in [-0.2, 0) is 6.18 Å². The van der Waals surface area contributed by atoms with E-state index in [1.54, 1.807) is 17.2 Å². The monoisotopic (exact) mass is 309 g/mol. The third-order valence-electron chi connectivity index (χ3n) is 3.72. The van der Waals surface area contributed by atoms with Gasteiger partial charge in [-0.25, -0.2) is 4.98 Å². The van der Waals surface area contributed by atoms with Gasteiger partial charge in [-0.2, -0.15) is 13.2 Å². The summed E-state index contributed by atoms with van der Waals surface area (Å²) in [7, 11) is 0. The van der Waals surface area contributed by atoms with E-state index in [1.165, 1.54) is 18.5 Å². The van der Waals surface area contributed by atoms with Crippen molar-refractivity contribution in [2.24, 2.45) is 0 Å². The van der Waals surface area contributed by atoms with Gasteiger partial charge in [0.15, 0.2) is 0 Å². The number of alkyl halides is 3. The minimum atomic E-state index is -4.38. The van der Waals surface area contributed by atoms with Crippen LogP contribution in [0.3, 0.4) is 0 Å². The number of halogens is 3. The Morgan fingerprint density at radius 1 is 1.23 bits per heavy atom. The van der Waals surface area contributed by atoms with E-state index in [-0.39, 0.29) is 6.04 Å². The number of hydrogen-bond acceptors (Lipinski definition) is 4. The first-order chi connectivity index (χ1) is 10.4. The molecule has 22 heavy (non-hydrogen) atoms. The molecule has 0 aliphatic carbocycles. The van der Waals surface area contributed by atoms with E-state index >= 15 is 0 Å². The van der Waals surface area contributed by atoms with E-state index in [1.807, 2.05) is 0 Å². The van der Waals surface area contributed by atoms with E-state index < -0.39 is 17.8 Å². The van der Waals surface area contributed by atoms with Gasteiger partial charge in [0.1, 0.15) is 5.82 Å². The highest BCUT2D eigenvalue weighted by atomic mass is 19.4. The van der Waals surface area contributed by atoms with Crippen LogP contribution in [0.4, 0.5) is 19.0 Å². The largest absolute Gasteiger partial charge is 0.416 e. The maximum atomic E-state index is 12.9. The molecule has 1 aliphatic heterocycles. The normalized spacial score (nSPS) is 22.1. The summed E-state index contributed by atoms with van der Waals surface area (Å²) in [5, 5.41) is 9.91. The Morgan fingerprint density at radius 2 is 2.05 bits per heavy atom. The maximum absolute atomic E-state index is 12.9. The van der Waals surface area contributed by atoms with Crippen LogP contribution < -0.4 is 4.90 Å². The summed E-state index contributed by atoms with van der Waals surface area (Å²) in [6.45, 7) is 0.319.